The predicted molar refractivity (Wildman–Crippen MR) is 77.2 cm³/mol. The first-order valence-electron chi connectivity index (χ1n) is 5.77. The molecule has 0 bridgehead atoms. The summed E-state index contributed by atoms with van der Waals surface area (Å²) in [5.41, 5.74) is 0.655. The van der Waals surface area contributed by atoms with E-state index < -0.39 is 0 Å². The molecule has 0 aliphatic carbocycles. The van der Waals surface area contributed by atoms with Gasteiger partial charge in [-0.2, -0.15) is 9.36 Å². The van der Waals surface area contributed by atoms with Gasteiger partial charge in [0.1, 0.15) is 0 Å². The number of amides is 1. The van der Waals surface area contributed by atoms with Crippen LogP contribution in [0, 0.1) is 13.8 Å². The van der Waals surface area contributed by atoms with Crippen molar-refractivity contribution in [1.29, 1.82) is 0 Å². The number of anilines is 1. The minimum absolute atomic E-state index is 0.159. The lowest BCUT2D eigenvalue weighted by Crippen LogP contribution is -2.10. The fourth-order valence-corrected chi connectivity index (χ4v) is 3.00. The summed E-state index contributed by atoms with van der Waals surface area (Å²) in [5, 5.41) is 6.75. The summed E-state index contributed by atoms with van der Waals surface area (Å²) in [5.74, 6) is 0.402. The van der Waals surface area contributed by atoms with E-state index in [9.17, 15) is 4.79 Å². The number of hydrogen-bond donors (Lipinski definition) is 1. The number of aromatic nitrogens is 3. The lowest BCUT2D eigenvalue weighted by atomic mass is 10.4. The van der Waals surface area contributed by atoms with Gasteiger partial charge in [0.05, 0.1) is 10.6 Å². The lowest BCUT2D eigenvalue weighted by Gasteiger charge is -1.94. The molecule has 0 unspecified atom stereocenters. The van der Waals surface area contributed by atoms with Crippen molar-refractivity contribution in [3.8, 4) is 10.7 Å². The molecule has 6 nitrogen and oxygen atoms in total. The Morgan fingerprint density at radius 2 is 2.20 bits per heavy atom. The third-order valence-electron chi connectivity index (χ3n) is 2.46. The fraction of sp³-hybridized carbons (Fsp3) is 0.167. The number of hydrogen-bond acceptors (Lipinski definition) is 7. The Bertz CT molecular complexity index is 759. The highest BCUT2D eigenvalue weighted by atomic mass is 32.1. The first-order valence-corrected chi connectivity index (χ1v) is 7.36. The van der Waals surface area contributed by atoms with Gasteiger partial charge in [-0.25, -0.2) is 0 Å². The van der Waals surface area contributed by atoms with Gasteiger partial charge in [-0.1, -0.05) is 5.16 Å². The molecule has 8 heteroatoms. The molecule has 3 heterocycles. The zero-order valence-corrected chi connectivity index (χ0v) is 12.3. The summed E-state index contributed by atoms with van der Waals surface area (Å²) in [6.45, 7) is 3.78. The standard InChI is InChI=1S/C12H10N4O2S2/c1-6-5-8(18-15-6)11(17)14-12-13-10(16-20-12)9-4-3-7(2)19-9/h3-5H,1-2H3,(H,13,14,16,17). The summed E-state index contributed by atoms with van der Waals surface area (Å²) in [7, 11) is 0. The highest BCUT2D eigenvalue weighted by Gasteiger charge is 2.15. The molecule has 0 fully saturated rings. The number of thiophene rings is 1. The van der Waals surface area contributed by atoms with Gasteiger partial charge in [-0.05, 0) is 26.0 Å². The molecule has 3 rings (SSSR count). The van der Waals surface area contributed by atoms with Crippen LogP contribution in [0.25, 0.3) is 10.7 Å². The summed E-state index contributed by atoms with van der Waals surface area (Å²) < 4.78 is 9.12. The average Bonchev–Trinajstić information content (AvgIpc) is 3.10. The van der Waals surface area contributed by atoms with E-state index in [2.05, 4.69) is 19.8 Å². The first kappa shape index (κ1) is 12.9. The van der Waals surface area contributed by atoms with Crippen LogP contribution in [0.1, 0.15) is 21.1 Å². The quantitative estimate of drug-likeness (QED) is 0.804. The Balaban J connectivity index is 1.76. The second-order valence-corrected chi connectivity index (χ2v) is 6.16. The molecule has 0 atom stereocenters. The minimum atomic E-state index is -0.379. The van der Waals surface area contributed by atoms with Crippen LogP contribution in [0.4, 0.5) is 5.13 Å². The van der Waals surface area contributed by atoms with Gasteiger partial charge in [0.15, 0.2) is 5.82 Å². The summed E-state index contributed by atoms with van der Waals surface area (Å²) in [6.07, 6.45) is 0. The predicted octanol–water partition coefficient (Wildman–Crippen LogP) is 3.12. The van der Waals surface area contributed by atoms with Crippen molar-refractivity contribution in [3.05, 3.63) is 34.5 Å². The highest BCUT2D eigenvalue weighted by molar-refractivity contribution is 7.15. The topological polar surface area (TPSA) is 80.9 Å². The lowest BCUT2D eigenvalue weighted by molar-refractivity contribution is 0.0988. The smallest absolute Gasteiger partial charge is 0.296 e. The van der Waals surface area contributed by atoms with Crippen molar-refractivity contribution in [3.63, 3.8) is 0 Å². The largest absolute Gasteiger partial charge is 0.351 e. The van der Waals surface area contributed by atoms with Crippen molar-refractivity contribution in [1.82, 2.24) is 14.5 Å². The Morgan fingerprint density at radius 3 is 2.85 bits per heavy atom. The Labute approximate surface area is 122 Å². The molecule has 0 spiro atoms. The second-order valence-electron chi connectivity index (χ2n) is 4.12. The number of carbonyl (C=O) groups excluding carboxylic acids is 1. The maximum absolute atomic E-state index is 11.9. The van der Waals surface area contributed by atoms with E-state index in [-0.39, 0.29) is 11.7 Å². The molecule has 0 aliphatic rings. The molecule has 1 amide bonds. The van der Waals surface area contributed by atoms with E-state index in [1.54, 1.807) is 24.3 Å². The van der Waals surface area contributed by atoms with Gasteiger partial charge < -0.3 is 4.52 Å². The molecular weight excluding hydrogens is 296 g/mol. The van der Waals surface area contributed by atoms with Gasteiger partial charge in [-0.15, -0.1) is 11.3 Å². The van der Waals surface area contributed by atoms with Crippen molar-refractivity contribution < 1.29 is 9.32 Å². The Morgan fingerprint density at radius 1 is 1.35 bits per heavy atom. The number of carbonyl (C=O) groups is 1. The van der Waals surface area contributed by atoms with Gasteiger partial charge in [0, 0.05) is 22.5 Å². The van der Waals surface area contributed by atoms with Crippen LogP contribution in [0.5, 0.6) is 0 Å². The average molecular weight is 306 g/mol. The van der Waals surface area contributed by atoms with E-state index in [0.717, 1.165) is 16.4 Å². The van der Waals surface area contributed by atoms with Gasteiger partial charge in [0.25, 0.3) is 5.91 Å². The number of nitrogens with zero attached hydrogens (tertiary/aromatic N) is 3. The van der Waals surface area contributed by atoms with Crippen molar-refractivity contribution in [2.24, 2.45) is 0 Å². The molecule has 0 aromatic carbocycles. The normalized spacial score (nSPS) is 10.7. The van der Waals surface area contributed by atoms with E-state index in [1.165, 1.54) is 4.88 Å². The van der Waals surface area contributed by atoms with Crippen LogP contribution in [0.2, 0.25) is 0 Å². The molecule has 20 heavy (non-hydrogen) atoms. The molecular formula is C12H10N4O2S2. The molecule has 3 aromatic rings. The molecule has 0 saturated carbocycles. The van der Waals surface area contributed by atoms with Crippen LogP contribution in [0.15, 0.2) is 22.7 Å². The van der Waals surface area contributed by atoms with Crippen LogP contribution >= 0.6 is 22.9 Å². The van der Waals surface area contributed by atoms with E-state index in [4.69, 9.17) is 4.52 Å². The van der Waals surface area contributed by atoms with E-state index >= 15 is 0 Å². The summed E-state index contributed by atoms with van der Waals surface area (Å²) in [6, 6.07) is 5.55. The number of nitrogens with one attached hydrogen (secondary N) is 1. The first-order chi connectivity index (χ1) is 9.61. The summed E-state index contributed by atoms with van der Waals surface area (Å²) >= 11 is 2.75. The van der Waals surface area contributed by atoms with Gasteiger partial charge >= 0.3 is 0 Å². The third kappa shape index (κ3) is 2.61. The molecule has 0 aliphatic heterocycles. The maximum atomic E-state index is 11.9. The van der Waals surface area contributed by atoms with Crippen LogP contribution in [-0.4, -0.2) is 20.4 Å². The fourth-order valence-electron chi connectivity index (χ4n) is 1.56. The molecule has 1 N–H and O–H groups in total. The molecule has 102 valence electrons. The van der Waals surface area contributed by atoms with Crippen molar-refractivity contribution in [2.45, 2.75) is 13.8 Å². The van der Waals surface area contributed by atoms with Crippen LogP contribution in [-0.2, 0) is 0 Å². The molecule has 3 aromatic heterocycles. The Hall–Kier alpha value is -2.06. The minimum Gasteiger partial charge on any atom is -0.351 e. The number of rotatable bonds is 3. The van der Waals surface area contributed by atoms with Crippen LogP contribution < -0.4 is 5.32 Å². The second kappa shape index (κ2) is 5.14. The Kier molecular flexibility index (Phi) is 3.33. The van der Waals surface area contributed by atoms with Crippen molar-refractivity contribution >= 4 is 33.9 Å². The highest BCUT2D eigenvalue weighted by Crippen LogP contribution is 2.27. The zero-order valence-electron chi connectivity index (χ0n) is 10.7. The maximum Gasteiger partial charge on any atom is 0.296 e. The van der Waals surface area contributed by atoms with E-state index in [1.807, 2.05) is 19.1 Å². The van der Waals surface area contributed by atoms with E-state index in [0.29, 0.717) is 16.6 Å². The van der Waals surface area contributed by atoms with Crippen LogP contribution in [0.3, 0.4) is 0 Å². The molecule has 0 saturated heterocycles. The third-order valence-corrected chi connectivity index (χ3v) is 4.09. The zero-order chi connectivity index (χ0) is 14.1. The van der Waals surface area contributed by atoms with Gasteiger partial charge in [-0.3, -0.25) is 10.1 Å². The number of aryl methyl sites for hydroxylation is 2. The van der Waals surface area contributed by atoms with Crippen molar-refractivity contribution in [2.75, 3.05) is 5.32 Å². The monoisotopic (exact) mass is 306 g/mol. The summed E-state index contributed by atoms with van der Waals surface area (Å²) in [4.78, 5) is 18.3. The molecule has 0 radical (unpaired) electrons. The van der Waals surface area contributed by atoms with Gasteiger partial charge in [0.2, 0.25) is 10.9 Å². The SMILES string of the molecule is Cc1cc(C(=O)Nc2nc(-c3ccc(C)s3)ns2)on1.